The number of nitrogens with one attached hydrogen (secondary N) is 1. The summed E-state index contributed by atoms with van der Waals surface area (Å²) in [7, 11) is 0. The van der Waals surface area contributed by atoms with E-state index in [-0.39, 0.29) is 23.8 Å². The molecule has 5 rings (SSSR count). The second-order valence-corrected chi connectivity index (χ2v) is 10.8. The van der Waals surface area contributed by atoms with Crippen molar-refractivity contribution in [2.45, 2.75) is 20.3 Å². The number of aryl methyl sites for hydroxylation is 1. The molecular formula is C30H24N2O5S2. The predicted molar refractivity (Wildman–Crippen MR) is 156 cm³/mol. The fraction of sp³-hybridized carbons (Fsp3) is 0.133. The third-order valence-corrected chi connectivity index (χ3v) is 8.38. The van der Waals surface area contributed by atoms with E-state index < -0.39 is 10.9 Å². The third-order valence-electron chi connectivity index (χ3n) is 6.27. The number of carbonyl (C=O) groups is 2. The van der Waals surface area contributed by atoms with E-state index in [2.05, 4.69) is 29.6 Å². The van der Waals surface area contributed by atoms with Crippen LogP contribution in [0.2, 0.25) is 0 Å². The topological polar surface area (TPSA) is 98.5 Å². The van der Waals surface area contributed by atoms with Gasteiger partial charge in [0.05, 0.1) is 16.4 Å². The smallest absolute Gasteiger partial charge is 0.341 e. The molecule has 1 N–H and O–H groups in total. The van der Waals surface area contributed by atoms with E-state index in [0.29, 0.717) is 27.4 Å². The zero-order valence-electron chi connectivity index (χ0n) is 21.2. The van der Waals surface area contributed by atoms with Gasteiger partial charge in [-0.05, 0) is 48.4 Å². The number of benzene rings is 3. The maximum atomic E-state index is 13.7. The molecule has 2 aromatic heterocycles. The first-order valence-electron chi connectivity index (χ1n) is 12.3. The number of non-ortho nitro benzene ring substituents is 1. The monoisotopic (exact) mass is 556 g/mol. The molecule has 0 bridgehead atoms. The Hall–Kier alpha value is -4.34. The lowest BCUT2D eigenvalue weighted by atomic mass is 10.0. The van der Waals surface area contributed by atoms with Gasteiger partial charge in [-0.2, -0.15) is 0 Å². The number of esters is 1. The zero-order chi connectivity index (χ0) is 27.5. The first kappa shape index (κ1) is 26.3. The van der Waals surface area contributed by atoms with Crippen LogP contribution in [0.3, 0.4) is 0 Å². The first-order valence-corrected chi connectivity index (χ1v) is 14.0. The van der Waals surface area contributed by atoms with Gasteiger partial charge in [-0.1, -0.05) is 60.2 Å². The lowest BCUT2D eigenvalue weighted by Gasteiger charge is -2.10. The van der Waals surface area contributed by atoms with E-state index in [9.17, 15) is 19.7 Å². The molecule has 0 unspecified atom stereocenters. The molecule has 2 heterocycles. The van der Waals surface area contributed by atoms with E-state index in [0.717, 1.165) is 26.8 Å². The molecule has 0 spiro atoms. The van der Waals surface area contributed by atoms with Gasteiger partial charge in [-0.15, -0.1) is 22.7 Å². The Morgan fingerprint density at radius 1 is 1.03 bits per heavy atom. The molecule has 0 aliphatic heterocycles. The number of rotatable bonds is 8. The summed E-state index contributed by atoms with van der Waals surface area (Å²) in [6, 6.07) is 22.2. The van der Waals surface area contributed by atoms with Crippen LogP contribution in [0, 0.1) is 17.0 Å². The highest BCUT2D eigenvalue weighted by Gasteiger charge is 2.26. The molecule has 0 aliphatic rings. The van der Waals surface area contributed by atoms with E-state index >= 15 is 0 Å². The van der Waals surface area contributed by atoms with Crippen molar-refractivity contribution in [3.8, 4) is 11.1 Å². The summed E-state index contributed by atoms with van der Waals surface area (Å²) in [6.45, 7) is 3.88. The van der Waals surface area contributed by atoms with E-state index in [1.165, 1.54) is 34.8 Å². The van der Waals surface area contributed by atoms with Crippen LogP contribution in [0.15, 0.2) is 78.2 Å². The molecule has 196 valence electrons. The van der Waals surface area contributed by atoms with Crippen LogP contribution >= 0.6 is 22.7 Å². The molecule has 7 nitrogen and oxygen atoms in total. The summed E-state index contributed by atoms with van der Waals surface area (Å²) in [4.78, 5) is 38.2. The fourth-order valence-electron chi connectivity index (χ4n) is 4.38. The Kier molecular flexibility index (Phi) is 7.53. The summed E-state index contributed by atoms with van der Waals surface area (Å²) >= 11 is 2.59. The lowest BCUT2D eigenvalue weighted by Crippen LogP contribution is -2.15. The lowest BCUT2D eigenvalue weighted by molar-refractivity contribution is -0.384. The van der Waals surface area contributed by atoms with Crippen molar-refractivity contribution in [1.82, 2.24) is 0 Å². The fourth-order valence-corrected chi connectivity index (χ4v) is 6.45. The van der Waals surface area contributed by atoms with Crippen molar-refractivity contribution < 1.29 is 19.2 Å². The van der Waals surface area contributed by atoms with Crippen molar-refractivity contribution >= 4 is 55.3 Å². The van der Waals surface area contributed by atoms with Gasteiger partial charge < -0.3 is 10.1 Å². The molecule has 0 saturated carbocycles. The Bertz CT molecular complexity index is 1700. The summed E-state index contributed by atoms with van der Waals surface area (Å²) < 4.78 is 6.30. The normalized spacial score (nSPS) is 10.9. The van der Waals surface area contributed by atoms with Gasteiger partial charge in [0, 0.05) is 27.8 Å². The molecule has 0 saturated heterocycles. The minimum Gasteiger partial charge on any atom is -0.462 e. The number of nitrogens with zero attached hydrogens (tertiary/aromatic N) is 1. The Balaban J connectivity index is 1.54. The van der Waals surface area contributed by atoms with Gasteiger partial charge in [0.2, 0.25) is 0 Å². The van der Waals surface area contributed by atoms with Crippen molar-refractivity contribution in [3.05, 3.63) is 115 Å². The average Bonchev–Trinajstić information content (AvgIpc) is 3.52. The van der Waals surface area contributed by atoms with Gasteiger partial charge in [0.1, 0.15) is 10.6 Å². The van der Waals surface area contributed by atoms with E-state index in [4.69, 9.17) is 4.74 Å². The maximum absolute atomic E-state index is 13.7. The van der Waals surface area contributed by atoms with Crippen LogP contribution in [0.5, 0.6) is 0 Å². The van der Waals surface area contributed by atoms with Crippen LogP contribution in [-0.2, 0) is 11.2 Å². The van der Waals surface area contributed by atoms with Crippen molar-refractivity contribution in [2.75, 3.05) is 11.9 Å². The van der Waals surface area contributed by atoms with Crippen molar-refractivity contribution in [3.63, 3.8) is 0 Å². The molecule has 0 atom stereocenters. The maximum Gasteiger partial charge on any atom is 0.341 e. The summed E-state index contributed by atoms with van der Waals surface area (Å²) in [5, 5.41) is 17.3. The molecule has 5 aromatic rings. The molecule has 3 aromatic carbocycles. The van der Waals surface area contributed by atoms with Gasteiger partial charge in [0.25, 0.3) is 11.6 Å². The van der Waals surface area contributed by atoms with Crippen molar-refractivity contribution in [2.24, 2.45) is 0 Å². The number of thiophene rings is 2. The summed E-state index contributed by atoms with van der Waals surface area (Å²) in [6.07, 6.45) is 0.584. The number of nitro benzene ring substituents is 1. The minimum atomic E-state index is -0.605. The number of hydrogen-bond donors (Lipinski definition) is 1. The van der Waals surface area contributed by atoms with Gasteiger partial charge in [0.15, 0.2) is 0 Å². The number of fused-ring (bicyclic) bond motifs is 1. The van der Waals surface area contributed by atoms with Crippen LogP contribution in [0.25, 0.3) is 21.2 Å². The summed E-state index contributed by atoms with van der Waals surface area (Å²) in [5.74, 6) is -0.928. The highest BCUT2D eigenvalue weighted by Crippen LogP contribution is 2.39. The average molecular weight is 557 g/mol. The Labute approximate surface area is 232 Å². The second-order valence-electron chi connectivity index (χ2n) is 8.90. The van der Waals surface area contributed by atoms with Gasteiger partial charge in [-0.25, -0.2) is 4.79 Å². The number of carbonyl (C=O) groups excluding carboxylic acids is 2. The van der Waals surface area contributed by atoms with E-state index in [1.54, 1.807) is 24.4 Å². The largest absolute Gasteiger partial charge is 0.462 e. The molecule has 0 fully saturated rings. The van der Waals surface area contributed by atoms with Crippen LogP contribution < -0.4 is 5.32 Å². The molecule has 39 heavy (non-hydrogen) atoms. The number of hydrogen-bond acceptors (Lipinski definition) is 7. The molecule has 0 radical (unpaired) electrons. The zero-order valence-corrected chi connectivity index (χ0v) is 22.9. The number of anilines is 1. The molecule has 0 aliphatic carbocycles. The SMILES string of the molecule is CCOC(=O)c1c(-c2cccc([N+](=O)[O-])c2)csc1NC(=O)c1sc2ccccc2c1Cc1ccc(C)cc1. The van der Waals surface area contributed by atoms with Crippen LogP contribution in [-0.4, -0.2) is 23.4 Å². The van der Waals surface area contributed by atoms with Crippen LogP contribution in [0.1, 0.15) is 43.6 Å². The van der Waals surface area contributed by atoms with Crippen LogP contribution in [0.4, 0.5) is 10.7 Å². The minimum absolute atomic E-state index is 0.0925. The highest BCUT2D eigenvalue weighted by atomic mass is 32.1. The van der Waals surface area contributed by atoms with Crippen molar-refractivity contribution in [1.29, 1.82) is 0 Å². The molecule has 1 amide bonds. The standard InChI is InChI=1S/C30H24N2O5S2/c1-3-37-30(34)26-24(20-7-6-8-21(16-20)32(35)36)17-38-29(26)31-28(33)27-23(15-19-13-11-18(2)12-14-19)22-9-4-5-10-25(22)39-27/h4-14,16-17H,3,15H2,1-2H3,(H,31,33). The van der Waals surface area contributed by atoms with Gasteiger partial charge >= 0.3 is 5.97 Å². The molecular weight excluding hydrogens is 532 g/mol. The quantitative estimate of drug-likeness (QED) is 0.119. The first-order chi connectivity index (χ1) is 18.9. The Morgan fingerprint density at radius 3 is 2.54 bits per heavy atom. The van der Waals surface area contributed by atoms with Gasteiger partial charge in [-0.3, -0.25) is 14.9 Å². The number of amides is 1. The second kappa shape index (κ2) is 11.2. The van der Waals surface area contributed by atoms with E-state index in [1.807, 2.05) is 31.2 Å². The molecule has 9 heteroatoms. The Morgan fingerprint density at radius 2 is 1.79 bits per heavy atom. The predicted octanol–water partition coefficient (Wildman–Crippen LogP) is 7.87. The third kappa shape index (κ3) is 5.45. The number of nitro groups is 1. The highest BCUT2D eigenvalue weighted by molar-refractivity contribution is 7.21. The number of ether oxygens (including phenoxy) is 1. The summed E-state index contributed by atoms with van der Waals surface area (Å²) in [5.41, 5.74) is 4.22.